The van der Waals surface area contributed by atoms with Crippen molar-refractivity contribution in [2.24, 2.45) is 0 Å². The van der Waals surface area contributed by atoms with Crippen LogP contribution in [0, 0.1) is 0 Å². The summed E-state index contributed by atoms with van der Waals surface area (Å²) in [6, 6.07) is 14.3. The number of ether oxygens (including phenoxy) is 2. The molecular formula is C26H19ClF3NO5. The normalized spacial score (nSPS) is 11.4. The lowest BCUT2D eigenvalue weighted by atomic mass is 10.2. The van der Waals surface area contributed by atoms with Crippen LogP contribution in [0.3, 0.4) is 0 Å². The Morgan fingerprint density at radius 3 is 2.44 bits per heavy atom. The molecule has 3 aromatic carbocycles. The number of hydrogen-bond donors (Lipinski definition) is 1. The van der Waals surface area contributed by atoms with Gasteiger partial charge < -0.3 is 19.2 Å². The number of amides is 1. The average molecular weight is 518 g/mol. The molecule has 36 heavy (non-hydrogen) atoms. The van der Waals surface area contributed by atoms with Crippen molar-refractivity contribution in [3.05, 3.63) is 93.3 Å². The van der Waals surface area contributed by atoms with E-state index in [1.165, 1.54) is 24.5 Å². The Balaban J connectivity index is 1.43. The molecule has 0 spiro atoms. The molecule has 0 unspecified atom stereocenters. The highest BCUT2D eigenvalue weighted by Crippen LogP contribution is 2.34. The largest absolute Gasteiger partial charge is 0.484 e. The highest BCUT2D eigenvalue weighted by atomic mass is 35.5. The molecule has 1 amide bonds. The molecule has 4 rings (SSSR count). The van der Waals surface area contributed by atoms with E-state index in [2.05, 4.69) is 5.32 Å². The van der Waals surface area contributed by atoms with Crippen LogP contribution in [0.2, 0.25) is 5.02 Å². The molecule has 186 valence electrons. The van der Waals surface area contributed by atoms with Gasteiger partial charge in [0.1, 0.15) is 23.3 Å². The molecule has 0 aliphatic heterocycles. The summed E-state index contributed by atoms with van der Waals surface area (Å²) in [5, 5.41) is 2.48. The smallest absolute Gasteiger partial charge is 0.416 e. The first-order valence-electron chi connectivity index (χ1n) is 10.8. The Hall–Kier alpha value is -3.98. The van der Waals surface area contributed by atoms with Gasteiger partial charge in [0.25, 0.3) is 5.91 Å². The van der Waals surface area contributed by atoms with Crippen LogP contribution in [0.5, 0.6) is 17.2 Å². The lowest BCUT2D eigenvalue weighted by molar-refractivity contribution is -0.137. The number of anilines is 1. The van der Waals surface area contributed by atoms with Crippen LogP contribution in [0.4, 0.5) is 18.9 Å². The minimum atomic E-state index is -4.58. The average Bonchev–Trinajstić information content (AvgIpc) is 2.85. The Kier molecular flexibility index (Phi) is 7.21. The van der Waals surface area contributed by atoms with E-state index in [9.17, 15) is 22.8 Å². The van der Waals surface area contributed by atoms with Crippen LogP contribution in [0.15, 0.2) is 76.1 Å². The van der Waals surface area contributed by atoms with Gasteiger partial charge in [0.05, 0.1) is 21.7 Å². The molecule has 0 fully saturated rings. The van der Waals surface area contributed by atoms with Gasteiger partial charge in [-0.25, -0.2) is 0 Å². The van der Waals surface area contributed by atoms with Crippen LogP contribution in [-0.2, 0) is 17.4 Å². The molecule has 0 saturated heterocycles. The fourth-order valence-electron chi connectivity index (χ4n) is 3.30. The van der Waals surface area contributed by atoms with Crippen LogP contribution in [-0.4, -0.2) is 12.5 Å². The molecule has 0 radical (unpaired) electrons. The zero-order chi connectivity index (χ0) is 25.9. The molecule has 4 aromatic rings. The van der Waals surface area contributed by atoms with Crippen LogP contribution in [0.25, 0.3) is 11.0 Å². The minimum Gasteiger partial charge on any atom is -0.484 e. The van der Waals surface area contributed by atoms with E-state index < -0.39 is 24.3 Å². The molecule has 0 aliphatic carbocycles. The summed E-state index contributed by atoms with van der Waals surface area (Å²) < 4.78 is 55.3. The number of fused-ring (bicyclic) bond motifs is 1. The molecule has 1 aromatic heterocycles. The topological polar surface area (TPSA) is 77.8 Å². The molecule has 0 atom stereocenters. The zero-order valence-electron chi connectivity index (χ0n) is 18.8. The number of carbonyl (C=O) groups excluding carboxylic acids is 1. The first kappa shape index (κ1) is 25.1. The highest BCUT2D eigenvalue weighted by molar-refractivity contribution is 6.33. The van der Waals surface area contributed by atoms with Gasteiger partial charge in [0.15, 0.2) is 6.61 Å². The Labute approximate surface area is 208 Å². The van der Waals surface area contributed by atoms with Crippen molar-refractivity contribution < 1.29 is 31.9 Å². The third-order valence-electron chi connectivity index (χ3n) is 5.21. The molecule has 0 bridgehead atoms. The van der Waals surface area contributed by atoms with Gasteiger partial charge in [-0.1, -0.05) is 30.7 Å². The maximum atomic E-state index is 12.9. The minimum absolute atomic E-state index is 0.0118. The first-order chi connectivity index (χ1) is 17.1. The second kappa shape index (κ2) is 10.3. The number of carbonyl (C=O) groups is 1. The number of nitrogens with one attached hydrogen (secondary N) is 1. The van der Waals surface area contributed by atoms with Crippen molar-refractivity contribution >= 4 is 34.2 Å². The van der Waals surface area contributed by atoms with E-state index in [1.807, 2.05) is 19.1 Å². The Morgan fingerprint density at radius 1 is 1.03 bits per heavy atom. The molecule has 6 nitrogen and oxygen atoms in total. The SMILES string of the molecule is CCc1ccc(Oc2coc3cc(OCC(=O)Nc4cc(C(F)(F)F)ccc4Cl)ccc3c2=O)cc1. The van der Waals surface area contributed by atoms with E-state index in [-0.39, 0.29) is 38.6 Å². The maximum absolute atomic E-state index is 12.9. The second-order valence-corrected chi connectivity index (χ2v) is 8.12. The Morgan fingerprint density at radius 2 is 1.75 bits per heavy atom. The summed E-state index contributed by atoms with van der Waals surface area (Å²) in [6.07, 6.45) is -2.52. The third kappa shape index (κ3) is 5.80. The number of hydrogen-bond acceptors (Lipinski definition) is 5. The van der Waals surface area contributed by atoms with Gasteiger partial charge in [-0.15, -0.1) is 0 Å². The van der Waals surface area contributed by atoms with E-state index in [0.29, 0.717) is 5.75 Å². The molecule has 1 N–H and O–H groups in total. The van der Waals surface area contributed by atoms with E-state index in [4.69, 9.17) is 25.5 Å². The van der Waals surface area contributed by atoms with E-state index in [1.54, 1.807) is 12.1 Å². The van der Waals surface area contributed by atoms with Gasteiger partial charge in [-0.2, -0.15) is 13.2 Å². The molecule has 0 aliphatic rings. The molecule has 1 heterocycles. The quantitative estimate of drug-likeness (QED) is 0.290. The monoisotopic (exact) mass is 517 g/mol. The summed E-state index contributed by atoms with van der Waals surface area (Å²) in [5.74, 6) is -0.0150. The highest BCUT2D eigenvalue weighted by Gasteiger charge is 2.31. The predicted molar refractivity (Wildman–Crippen MR) is 129 cm³/mol. The van der Waals surface area contributed by atoms with Crippen molar-refractivity contribution in [3.63, 3.8) is 0 Å². The van der Waals surface area contributed by atoms with Crippen molar-refractivity contribution in [3.8, 4) is 17.2 Å². The van der Waals surface area contributed by atoms with Crippen molar-refractivity contribution in [2.45, 2.75) is 19.5 Å². The van der Waals surface area contributed by atoms with Crippen molar-refractivity contribution in [1.29, 1.82) is 0 Å². The summed E-state index contributed by atoms with van der Waals surface area (Å²) in [6.45, 7) is 1.52. The summed E-state index contributed by atoms with van der Waals surface area (Å²) >= 11 is 5.89. The summed E-state index contributed by atoms with van der Waals surface area (Å²) in [7, 11) is 0. The van der Waals surface area contributed by atoms with Gasteiger partial charge in [0, 0.05) is 6.07 Å². The van der Waals surface area contributed by atoms with Crippen LogP contribution >= 0.6 is 11.6 Å². The second-order valence-electron chi connectivity index (χ2n) is 7.72. The summed E-state index contributed by atoms with van der Waals surface area (Å²) in [5.41, 5.74) is -0.200. The zero-order valence-corrected chi connectivity index (χ0v) is 19.6. The number of rotatable bonds is 7. The van der Waals surface area contributed by atoms with E-state index in [0.717, 1.165) is 30.2 Å². The third-order valence-corrected chi connectivity index (χ3v) is 5.54. The first-order valence-corrected chi connectivity index (χ1v) is 11.1. The Bertz CT molecular complexity index is 1470. The number of alkyl halides is 3. The van der Waals surface area contributed by atoms with E-state index >= 15 is 0 Å². The number of aryl methyl sites for hydroxylation is 1. The maximum Gasteiger partial charge on any atom is 0.416 e. The predicted octanol–water partition coefficient (Wildman–Crippen LogP) is 6.84. The lowest BCUT2D eigenvalue weighted by Crippen LogP contribution is -2.20. The fraction of sp³-hybridized carbons (Fsp3) is 0.154. The van der Waals surface area contributed by atoms with Gasteiger partial charge in [-0.3, -0.25) is 9.59 Å². The molecule has 10 heteroatoms. The van der Waals surface area contributed by atoms with Gasteiger partial charge in [-0.05, 0) is 54.4 Å². The number of halogens is 4. The fourth-order valence-corrected chi connectivity index (χ4v) is 3.47. The lowest BCUT2D eigenvalue weighted by Gasteiger charge is -2.12. The molecular weight excluding hydrogens is 499 g/mol. The van der Waals surface area contributed by atoms with Gasteiger partial charge in [0.2, 0.25) is 11.2 Å². The standard InChI is InChI=1S/C26H19ClF3NO5/c1-2-15-3-6-17(7-4-15)36-23-13-35-22-12-18(8-9-19(22)25(23)33)34-14-24(32)31-21-11-16(26(28,29)30)5-10-20(21)27/h3-13H,2,14H2,1H3,(H,31,32). The van der Waals surface area contributed by atoms with Crippen LogP contribution < -0.4 is 20.2 Å². The van der Waals surface area contributed by atoms with Gasteiger partial charge >= 0.3 is 6.18 Å². The van der Waals surface area contributed by atoms with Crippen molar-refractivity contribution in [1.82, 2.24) is 0 Å². The van der Waals surface area contributed by atoms with Crippen molar-refractivity contribution in [2.75, 3.05) is 11.9 Å². The summed E-state index contributed by atoms with van der Waals surface area (Å²) in [4.78, 5) is 25.0. The molecule has 0 saturated carbocycles. The number of benzene rings is 3. The van der Waals surface area contributed by atoms with Crippen LogP contribution in [0.1, 0.15) is 18.1 Å².